The average molecular weight is 290 g/mol. The maximum Gasteiger partial charge on any atom is 0.328 e. The molecule has 1 aliphatic heterocycles. The number of hydrogen-bond donors (Lipinski definition) is 2. The van der Waals surface area contributed by atoms with Crippen LogP contribution in [0.4, 0.5) is 5.69 Å². The van der Waals surface area contributed by atoms with Crippen LogP contribution in [0, 0.1) is 5.92 Å². The molecule has 1 aromatic rings. The molecule has 2 unspecified atom stereocenters. The van der Waals surface area contributed by atoms with E-state index >= 15 is 0 Å². The topological polar surface area (TPSA) is 67.4 Å². The van der Waals surface area contributed by atoms with E-state index in [4.69, 9.17) is 4.74 Å². The number of methoxy groups -OCH3 is 1. The van der Waals surface area contributed by atoms with Gasteiger partial charge in [0.25, 0.3) is 0 Å². The van der Waals surface area contributed by atoms with Crippen molar-refractivity contribution in [2.24, 2.45) is 5.92 Å². The summed E-state index contributed by atoms with van der Waals surface area (Å²) in [5, 5.41) is 6.01. The fourth-order valence-electron chi connectivity index (χ4n) is 2.51. The Balaban J connectivity index is 2.02. The number of hydrogen-bond acceptors (Lipinski definition) is 4. The summed E-state index contributed by atoms with van der Waals surface area (Å²) in [7, 11) is 1.34. The van der Waals surface area contributed by atoms with Crippen molar-refractivity contribution in [3.05, 3.63) is 29.8 Å². The van der Waals surface area contributed by atoms with Gasteiger partial charge in [0.2, 0.25) is 5.91 Å². The van der Waals surface area contributed by atoms with Crippen molar-refractivity contribution in [1.29, 1.82) is 0 Å². The van der Waals surface area contributed by atoms with E-state index in [1.165, 1.54) is 7.11 Å². The number of ether oxygens (including phenoxy) is 1. The Kier molecular flexibility index (Phi) is 4.83. The van der Waals surface area contributed by atoms with Gasteiger partial charge in [-0.15, -0.1) is 0 Å². The third kappa shape index (κ3) is 3.35. The monoisotopic (exact) mass is 290 g/mol. The zero-order chi connectivity index (χ0) is 15.4. The molecule has 0 radical (unpaired) electrons. The summed E-state index contributed by atoms with van der Waals surface area (Å²) < 4.78 is 4.79. The van der Waals surface area contributed by atoms with Crippen LogP contribution in [0.3, 0.4) is 0 Å². The summed E-state index contributed by atoms with van der Waals surface area (Å²) in [6.07, 6.45) is 1.43. The minimum atomic E-state index is -0.599. The molecule has 114 valence electrons. The molecule has 0 saturated carbocycles. The summed E-state index contributed by atoms with van der Waals surface area (Å²) in [6.45, 7) is 3.91. The molecular weight excluding hydrogens is 268 g/mol. The molecule has 21 heavy (non-hydrogen) atoms. The lowest BCUT2D eigenvalue weighted by Crippen LogP contribution is -2.50. The summed E-state index contributed by atoms with van der Waals surface area (Å²) in [5.41, 5.74) is 2.10. The van der Waals surface area contributed by atoms with Crippen LogP contribution >= 0.6 is 0 Å². The highest BCUT2D eigenvalue weighted by Gasteiger charge is 2.32. The molecule has 0 spiro atoms. The highest BCUT2D eigenvalue weighted by molar-refractivity contribution is 5.91. The zero-order valence-corrected chi connectivity index (χ0v) is 12.7. The second-order valence-corrected chi connectivity index (χ2v) is 5.45. The van der Waals surface area contributed by atoms with Crippen LogP contribution in [-0.4, -0.2) is 31.1 Å². The maximum absolute atomic E-state index is 12.4. The number of benzene rings is 1. The van der Waals surface area contributed by atoms with Crippen LogP contribution < -0.4 is 10.6 Å². The largest absolute Gasteiger partial charge is 0.467 e. The van der Waals surface area contributed by atoms with Crippen molar-refractivity contribution >= 4 is 17.6 Å². The SMILES string of the molecule is CCC(C)C(NC(=O)[C@@H]1Cc2ccccc2N1)C(=O)OC. The Bertz CT molecular complexity index is 505. The number of anilines is 1. The normalized spacial score (nSPS) is 19.1. The van der Waals surface area contributed by atoms with Gasteiger partial charge in [-0.1, -0.05) is 38.5 Å². The number of amides is 1. The van der Waals surface area contributed by atoms with E-state index < -0.39 is 12.0 Å². The van der Waals surface area contributed by atoms with E-state index in [0.717, 1.165) is 17.7 Å². The summed E-state index contributed by atoms with van der Waals surface area (Å²) >= 11 is 0. The van der Waals surface area contributed by atoms with Gasteiger partial charge in [0.1, 0.15) is 12.1 Å². The molecule has 5 nitrogen and oxygen atoms in total. The second kappa shape index (κ2) is 6.61. The molecular formula is C16H22N2O3. The van der Waals surface area contributed by atoms with E-state index in [9.17, 15) is 9.59 Å². The lowest BCUT2D eigenvalue weighted by atomic mass is 9.98. The van der Waals surface area contributed by atoms with Crippen LogP contribution in [-0.2, 0) is 20.7 Å². The van der Waals surface area contributed by atoms with Gasteiger partial charge in [-0.05, 0) is 17.5 Å². The molecule has 0 aromatic heterocycles. The number of nitrogens with one attached hydrogen (secondary N) is 2. The highest BCUT2D eigenvalue weighted by atomic mass is 16.5. The first-order valence-corrected chi connectivity index (χ1v) is 7.29. The Morgan fingerprint density at radius 2 is 2.14 bits per heavy atom. The molecule has 2 N–H and O–H groups in total. The van der Waals surface area contributed by atoms with E-state index in [1.807, 2.05) is 38.1 Å². The standard InChI is InChI=1S/C16H22N2O3/c1-4-10(2)14(16(20)21-3)18-15(19)13-9-11-7-5-6-8-12(11)17-13/h5-8,10,13-14,17H,4,9H2,1-3H3,(H,18,19)/t10?,13-,14?/m0/s1. The van der Waals surface area contributed by atoms with Gasteiger partial charge >= 0.3 is 5.97 Å². The first-order chi connectivity index (χ1) is 10.1. The summed E-state index contributed by atoms with van der Waals surface area (Å²) in [4.78, 5) is 24.2. The Morgan fingerprint density at radius 1 is 1.43 bits per heavy atom. The van der Waals surface area contributed by atoms with Crippen LogP contribution in [0.15, 0.2) is 24.3 Å². The minimum absolute atomic E-state index is 0.0326. The van der Waals surface area contributed by atoms with Crippen molar-refractivity contribution in [1.82, 2.24) is 5.32 Å². The number of rotatable bonds is 5. The zero-order valence-electron chi connectivity index (χ0n) is 12.7. The molecule has 0 fully saturated rings. The molecule has 1 aliphatic rings. The number of para-hydroxylation sites is 1. The predicted molar refractivity (Wildman–Crippen MR) is 81.0 cm³/mol. The van der Waals surface area contributed by atoms with Gasteiger partial charge in [0.15, 0.2) is 0 Å². The number of fused-ring (bicyclic) bond motifs is 1. The van der Waals surface area contributed by atoms with E-state index in [0.29, 0.717) is 6.42 Å². The first-order valence-electron chi connectivity index (χ1n) is 7.29. The van der Waals surface area contributed by atoms with Crippen molar-refractivity contribution < 1.29 is 14.3 Å². The third-order valence-corrected chi connectivity index (χ3v) is 4.05. The van der Waals surface area contributed by atoms with Crippen molar-refractivity contribution in [2.45, 2.75) is 38.8 Å². The molecule has 1 aromatic carbocycles. The molecule has 0 bridgehead atoms. The Morgan fingerprint density at radius 3 is 2.76 bits per heavy atom. The third-order valence-electron chi connectivity index (χ3n) is 4.05. The minimum Gasteiger partial charge on any atom is -0.467 e. The van der Waals surface area contributed by atoms with Crippen LogP contribution in [0.25, 0.3) is 0 Å². The first kappa shape index (κ1) is 15.4. The average Bonchev–Trinajstić information content (AvgIpc) is 2.95. The molecule has 1 amide bonds. The molecule has 0 aliphatic carbocycles. The van der Waals surface area contributed by atoms with E-state index in [1.54, 1.807) is 0 Å². The summed E-state index contributed by atoms with van der Waals surface area (Å²) in [6, 6.07) is 6.91. The Hall–Kier alpha value is -2.04. The van der Waals surface area contributed by atoms with Crippen molar-refractivity contribution in [3.8, 4) is 0 Å². The van der Waals surface area contributed by atoms with Crippen molar-refractivity contribution in [3.63, 3.8) is 0 Å². The van der Waals surface area contributed by atoms with Gasteiger partial charge in [0.05, 0.1) is 7.11 Å². The van der Waals surface area contributed by atoms with Crippen LogP contribution in [0.5, 0.6) is 0 Å². The van der Waals surface area contributed by atoms with Gasteiger partial charge in [-0.3, -0.25) is 4.79 Å². The fourth-order valence-corrected chi connectivity index (χ4v) is 2.51. The quantitative estimate of drug-likeness (QED) is 0.810. The number of esters is 1. The van der Waals surface area contributed by atoms with E-state index in [-0.39, 0.29) is 17.9 Å². The lowest BCUT2D eigenvalue weighted by Gasteiger charge is -2.23. The molecule has 0 saturated heterocycles. The van der Waals surface area contributed by atoms with Crippen LogP contribution in [0.2, 0.25) is 0 Å². The number of carbonyl (C=O) groups excluding carboxylic acids is 2. The summed E-state index contributed by atoms with van der Waals surface area (Å²) in [5.74, 6) is -0.528. The fraction of sp³-hybridized carbons (Fsp3) is 0.500. The lowest BCUT2D eigenvalue weighted by molar-refractivity contribution is -0.146. The maximum atomic E-state index is 12.4. The molecule has 5 heteroatoms. The predicted octanol–water partition coefficient (Wildman–Crippen LogP) is 1.73. The molecule has 1 heterocycles. The van der Waals surface area contributed by atoms with Gasteiger partial charge < -0.3 is 15.4 Å². The molecule has 2 rings (SSSR count). The van der Waals surface area contributed by atoms with Crippen molar-refractivity contribution in [2.75, 3.05) is 12.4 Å². The second-order valence-electron chi connectivity index (χ2n) is 5.45. The van der Waals surface area contributed by atoms with Gasteiger partial charge in [0, 0.05) is 12.1 Å². The highest BCUT2D eigenvalue weighted by Crippen LogP contribution is 2.25. The van der Waals surface area contributed by atoms with Gasteiger partial charge in [-0.2, -0.15) is 0 Å². The van der Waals surface area contributed by atoms with E-state index in [2.05, 4.69) is 10.6 Å². The smallest absolute Gasteiger partial charge is 0.328 e. The number of carbonyl (C=O) groups is 2. The Labute approximate surface area is 125 Å². The van der Waals surface area contributed by atoms with Crippen LogP contribution in [0.1, 0.15) is 25.8 Å². The molecule has 3 atom stereocenters. The van der Waals surface area contributed by atoms with Gasteiger partial charge in [-0.25, -0.2) is 4.79 Å².